The highest BCUT2D eigenvalue weighted by molar-refractivity contribution is 6.01. The summed E-state index contributed by atoms with van der Waals surface area (Å²) in [5.74, 6) is -0.526. The maximum Gasteiger partial charge on any atom is 0.416 e. The van der Waals surface area contributed by atoms with Crippen molar-refractivity contribution in [3.63, 3.8) is 0 Å². The van der Waals surface area contributed by atoms with Crippen molar-refractivity contribution in [2.24, 2.45) is 5.73 Å². The van der Waals surface area contributed by atoms with Gasteiger partial charge in [0, 0.05) is 47.3 Å². The summed E-state index contributed by atoms with van der Waals surface area (Å²) in [6, 6.07) is 13.5. The van der Waals surface area contributed by atoms with Gasteiger partial charge in [0.15, 0.2) is 0 Å². The standard InChI is InChI=1S/C27H20F3N7O/c1-16-14-37(15-34-16)21-10-18(9-19(11-21)27(28,29)30)23-12-20(4-5-22(23)25(31)38)35-26-33-8-6-24(36-26)17-3-2-7-32-13-17/h2-15H,1H3,(H2,31,38)(H,33,35,36). The molecule has 0 fully saturated rings. The van der Waals surface area contributed by atoms with Crippen molar-refractivity contribution in [3.05, 3.63) is 103 Å². The first-order valence-electron chi connectivity index (χ1n) is 11.4. The van der Waals surface area contributed by atoms with Crippen LogP contribution in [0.25, 0.3) is 28.1 Å². The fraction of sp³-hybridized carbons (Fsp3) is 0.0741. The number of carbonyl (C=O) groups excluding carboxylic acids is 1. The average molecular weight is 515 g/mol. The van der Waals surface area contributed by atoms with Crippen molar-refractivity contribution < 1.29 is 18.0 Å². The molecule has 0 bridgehead atoms. The Labute approximate surface area is 215 Å². The predicted molar refractivity (Wildman–Crippen MR) is 136 cm³/mol. The van der Waals surface area contributed by atoms with Gasteiger partial charge in [-0.15, -0.1) is 0 Å². The molecule has 3 aromatic heterocycles. The van der Waals surface area contributed by atoms with E-state index in [9.17, 15) is 18.0 Å². The first-order chi connectivity index (χ1) is 18.2. The van der Waals surface area contributed by atoms with Crippen molar-refractivity contribution in [3.8, 4) is 28.1 Å². The van der Waals surface area contributed by atoms with Gasteiger partial charge >= 0.3 is 6.18 Å². The molecular formula is C27H20F3N7O. The summed E-state index contributed by atoms with van der Waals surface area (Å²) in [5, 5.41) is 3.05. The number of imidazole rings is 1. The Morgan fingerprint density at radius 1 is 1.00 bits per heavy atom. The van der Waals surface area contributed by atoms with Crippen molar-refractivity contribution >= 4 is 17.5 Å². The van der Waals surface area contributed by atoms with E-state index in [1.807, 2.05) is 6.07 Å². The third-order valence-electron chi connectivity index (χ3n) is 5.72. The van der Waals surface area contributed by atoms with E-state index in [4.69, 9.17) is 5.73 Å². The fourth-order valence-corrected chi connectivity index (χ4v) is 3.94. The van der Waals surface area contributed by atoms with E-state index in [0.717, 1.165) is 17.7 Å². The quantitative estimate of drug-likeness (QED) is 0.306. The predicted octanol–water partition coefficient (Wildman–Crippen LogP) is 5.56. The Morgan fingerprint density at radius 3 is 2.53 bits per heavy atom. The Hall–Kier alpha value is -5.06. The minimum Gasteiger partial charge on any atom is -0.366 e. The molecule has 0 aliphatic rings. The molecule has 1 amide bonds. The summed E-state index contributed by atoms with van der Waals surface area (Å²) < 4.78 is 43.0. The number of carbonyl (C=O) groups is 1. The zero-order chi connectivity index (χ0) is 26.9. The molecule has 38 heavy (non-hydrogen) atoms. The lowest BCUT2D eigenvalue weighted by Gasteiger charge is -2.16. The van der Waals surface area contributed by atoms with Crippen LogP contribution in [-0.4, -0.2) is 30.4 Å². The number of pyridine rings is 1. The highest BCUT2D eigenvalue weighted by atomic mass is 19.4. The van der Waals surface area contributed by atoms with Crippen molar-refractivity contribution in [1.82, 2.24) is 24.5 Å². The van der Waals surface area contributed by atoms with Crippen LogP contribution in [0.5, 0.6) is 0 Å². The molecule has 5 aromatic rings. The number of aromatic nitrogens is 5. The van der Waals surface area contributed by atoms with Crippen LogP contribution >= 0.6 is 0 Å². The summed E-state index contributed by atoms with van der Waals surface area (Å²) in [6.07, 6.45) is 3.30. The first-order valence-corrected chi connectivity index (χ1v) is 11.4. The minimum atomic E-state index is -4.62. The summed E-state index contributed by atoms with van der Waals surface area (Å²) in [7, 11) is 0. The van der Waals surface area contributed by atoms with Gasteiger partial charge in [0.1, 0.15) is 0 Å². The van der Waals surface area contributed by atoms with E-state index in [1.54, 1.807) is 62.0 Å². The van der Waals surface area contributed by atoms with E-state index < -0.39 is 17.6 Å². The molecular weight excluding hydrogens is 495 g/mol. The second kappa shape index (κ2) is 9.77. The van der Waals surface area contributed by atoms with E-state index in [0.29, 0.717) is 17.1 Å². The number of amides is 1. The summed E-state index contributed by atoms with van der Waals surface area (Å²) >= 11 is 0. The Morgan fingerprint density at radius 2 is 1.84 bits per heavy atom. The second-order valence-corrected chi connectivity index (χ2v) is 8.45. The lowest BCUT2D eigenvalue weighted by atomic mass is 9.96. The summed E-state index contributed by atoms with van der Waals surface area (Å²) in [5.41, 5.74) is 7.88. The van der Waals surface area contributed by atoms with Gasteiger partial charge in [-0.25, -0.2) is 15.0 Å². The van der Waals surface area contributed by atoms with Gasteiger partial charge in [-0.1, -0.05) is 0 Å². The van der Waals surface area contributed by atoms with Crippen LogP contribution in [0.1, 0.15) is 21.6 Å². The van der Waals surface area contributed by atoms with Gasteiger partial charge < -0.3 is 15.6 Å². The highest BCUT2D eigenvalue weighted by Gasteiger charge is 2.32. The fourth-order valence-electron chi connectivity index (χ4n) is 3.94. The van der Waals surface area contributed by atoms with Crippen LogP contribution in [0.15, 0.2) is 85.7 Å². The van der Waals surface area contributed by atoms with Gasteiger partial charge in [-0.2, -0.15) is 13.2 Å². The first kappa shape index (κ1) is 24.6. The number of rotatable bonds is 6. The van der Waals surface area contributed by atoms with Crippen LogP contribution in [0.4, 0.5) is 24.8 Å². The lowest BCUT2D eigenvalue weighted by molar-refractivity contribution is -0.137. The van der Waals surface area contributed by atoms with Crippen LogP contribution in [0, 0.1) is 6.92 Å². The molecule has 8 nitrogen and oxygen atoms in total. The molecule has 190 valence electrons. The highest BCUT2D eigenvalue weighted by Crippen LogP contribution is 2.36. The number of nitrogens with zero attached hydrogens (tertiary/aromatic N) is 5. The Balaban J connectivity index is 1.59. The third kappa shape index (κ3) is 5.21. The molecule has 11 heteroatoms. The normalized spacial score (nSPS) is 11.4. The number of aryl methyl sites for hydroxylation is 1. The number of primary amides is 1. The van der Waals surface area contributed by atoms with Gasteiger partial charge in [0.05, 0.1) is 23.3 Å². The molecule has 3 heterocycles. The molecule has 5 rings (SSSR count). The van der Waals surface area contributed by atoms with Gasteiger partial charge in [0.2, 0.25) is 11.9 Å². The second-order valence-electron chi connectivity index (χ2n) is 8.45. The molecule has 0 saturated carbocycles. The average Bonchev–Trinajstić information content (AvgIpc) is 3.35. The van der Waals surface area contributed by atoms with Gasteiger partial charge in [0.25, 0.3) is 0 Å². The number of benzene rings is 2. The Bertz CT molecular complexity index is 1630. The molecule has 0 radical (unpaired) electrons. The van der Waals surface area contributed by atoms with Gasteiger partial charge in [-0.3, -0.25) is 9.78 Å². The van der Waals surface area contributed by atoms with Crippen LogP contribution in [-0.2, 0) is 6.18 Å². The molecule has 2 aromatic carbocycles. The van der Waals surface area contributed by atoms with Crippen molar-refractivity contribution in [2.75, 3.05) is 5.32 Å². The number of anilines is 2. The number of alkyl halides is 3. The minimum absolute atomic E-state index is 0.0627. The smallest absolute Gasteiger partial charge is 0.366 e. The number of nitrogens with one attached hydrogen (secondary N) is 1. The number of halogens is 3. The summed E-state index contributed by atoms with van der Waals surface area (Å²) in [4.78, 5) is 29.2. The third-order valence-corrected chi connectivity index (χ3v) is 5.72. The maximum absolute atomic E-state index is 13.8. The number of hydrogen-bond acceptors (Lipinski definition) is 6. The van der Waals surface area contributed by atoms with E-state index in [2.05, 4.69) is 25.3 Å². The van der Waals surface area contributed by atoms with Crippen LogP contribution in [0.3, 0.4) is 0 Å². The SMILES string of the molecule is Cc1cn(-c2cc(-c3cc(Nc4nccc(-c5cccnc5)n4)ccc3C(N)=O)cc(C(F)(F)F)c2)cn1. The molecule has 0 aliphatic carbocycles. The number of nitrogens with two attached hydrogens (primary N) is 1. The zero-order valence-electron chi connectivity index (χ0n) is 19.9. The topological polar surface area (TPSA) is 112 Å². The van der Waals surface area contributed by atoms with E-state index in [-0.39, 0.29) is 28.3 Å². The monoisotopic (exact) mass is 515 g/mol. The van der Waals surface area contributed by atoms with Gasteiger partial charge in [-0.05, 0) is 72.6 Å². The molecule has 0 saturated heterocycles. The lowest BCUT2D eigenvalue weighted by Crippen LogP contribution is -2.13. The maximum atomic E-state index is 13.8. The van der Waals surface area contributed by atoms with Crippen LogP contribution in [0.2, 0.25) is 0 Å². The van der Waals surface area contributed by atoms with Crippen molar-refractivity contribution in [1.29, 1.82) is 0 Å². The van der Waals surface area contributed by atoms with Crippen LogP contribution < -0.4 is 11.1 Å². The summed E-state index contributed by atoms with van der Waals surface area (Å²) in [6.45, 7) is 1.73. The van der Waals surface area contributed by atoms with Crippen molar-refractivity contribution in [2.45, 2.75) is 13.1 Å². The molecule has 3 N–H and O–H groups in total. The largest absolute Gasteiger partial charge is 0.416 e. The number of hydrogen-bond donors (Lipinski definition) is 2. The van der Waals surface area contributed by atoms with E-state index in [1.165, 1.54) is 17.0 Å². The zero-order valence-corrected chi connectivity index (χ0v) is 19.9. The molecule has 0 spiro atoms. The molecule has 0 atom stereocenters. The van der Waals surface area contributed by atoms with E-state index >= 15 is 0 Å². The Kier molecular flexibility index (Phi) is 6.33. The molecule has 0 unspecified atom stereocenters. The molecule has 0 aliphatic heterocycles.